The molecular formula is C24H20Cl2F3N5O3S. The fourth-order valence-corrected chi connectivity index (χ4v) is 5.89. The quantitative estimate of drug-likeness (QED) is 0.357. The molecule has 38 heavy (non-hydrogen) atoms. The van der Waals surface area contributed by atoms with Gasteiger partial charge in [0, 0.05) is 58.8 Å². The third-order valence-corrected chi connectivity index (χ3v) is 7.86. The first-order valence-electron chi connectivity index (χ1n) is 11.6. The van der Waals surface area contributed by atoms with Crippen LogP contribution in [0.3, 0.4) is 0 Å². The van der Waals surface area contributed by atoms with Gasteiger partial charge in [-0.25, -0.2) is 15.0 Å². The van der Waals surface area contributed by atoms with Gasteiger partial charge in [0.25, 0.3) is 5.91 Å². The summed E-state index contributed by atoms with van der Waals surface area (Å²) in [6.07, 6.45) is -1.29. The summed E-state index contributed by atoms with van der Waals surface area (Å²) in [6, 6.07) is 5.28. The number of halogens is 5. The molecule has 0 saturated carbocycles. The van der Waals surface area contributed by atoms with Crippen LogP contribution in [0.25, 0.3) is 0 Å². The molecule has 1 atom stereocenters. The second-order valence-corrected chi connectivity index (χ2v) is 10.4. The van der Waals surface area contributed by atoms with E-state index in [1.807, 2.05) is 5.38 Å². The van der Waals surface area contributed by atoms with Gasteiger partial charge >= 0.3 is 6.18 Å². The van der Waals surface area contributed by atoms with Gasteiger partial charge in [0.15, 0.2) is 12.7 Å². The van der Waals surface area contributed by atoms with Gasteiger partial charge in [-0.1, -0.05) is 34.4 Å². The number of benzene rings is 1. The summed E-state index contributed by atoms with van der Waals surface area (Å²) in [4.78, 5) is 31.3. The molecule has 0 N–H and O–H groups in total. The Morgan fingerprint density at radius 1 is 1.16 bits per heavy atom. The van der Waals surface area contributed by atoms with Crippen LogP contribution in [0.4, 0.5) is 13.2 Å². The Balaban J connectivity index is 1.14. The summed E-state index contributed by atoms with van der Waals surface area (Å²) in [7, 11) is 0. The number of amides is 1. The summed E-state index contributed by atoms with van der Waals surface area (Å²) in [5.74, 6) is -0.988. The molecule has 0 aliphatic carbocycles. The standard InChI is InChI=1S/C24H20Cl2F3N5O3S/c25-14-2-1-3-15(26)20(14)18-10-16(33-37-18)23-32-17(12-38-23)13-4-8-34(9-5-13)19(35)11-36-22-21(24(27,28)29)30-6-7-31-22/h1-3,6-7,12-13,18H,4-5,8-11H2. The highest BCUT2D eigenvalue weighted by Gasteiger charge is 2.38. The summed E-state index contributed by atoms with van der Waals surface area (Å²) in [5.41, 5.74) is 1.06. The molecule has 1 amide bonds. The molecule has 1 fully saturated rings. The Labute approximate surface area is 229 Å². The fourth-order valence-electron chi connectivity index (χ4n) is 4.35. The van der Waals surface area contributed by atoms with Crippen molar-refractivity contribution in [2.24, 2.45) is 5.16 Å². The largest absolute Gasteiger partial charge is 0.466 e. The first-order chi connectivity index (χ1) is 18.2. The van der Waals surface area contributed by atoms with E-state index in [2.05, 4.69) is 15.1 Å². The third kappa shape index (κ3) is 5.71. The zero-order valence-corrected chi connectivity index (χ0v) is 21.9. The molecule has 8 nitrogen and oxygen atoms in total. The Morgan fingerprint density at radius 3 is 2.58 bits per heavy atom. The van der Waals surface area contributed by atoms with Crippen LogP contribution in [-0.2, 0) is 15.8 Å². The van der Waals surface area contributed by atoms with E-state index in [9.17, 15) is 18.0 Å². The number of hydrogen-bond donors (Lipinski definition) is 0. The fraction of sp³-hybridized carbons (Fsp3) is 0.375. The van der Waals surface area contributed by atoms with Crippen LogP contribution in [-0.4, -0.2) is 51.2 Å². The predicted molar refractivity (Wildman–Crippen MR) is 135 cm³/mol. The smallest absolute Gasteiger partial charge is 0.438 e. The van der Waals surface area contributed by atoms with Crippen LogP contribution in [0.1, 0.15) is 53.2 Å². The molecule has 3 aromatic rings. The van der Waals surface area contributed by atoms with Crippen molar-refractivity contribution >= 4 is 46.2 Å². The van der Waals surface area contributed by atoms with Gasteiger partial charge < -0.3 is 14.5 Å². The molecule has 0 spiro atoms. The van der Waals surface area contributed by atoms with Gasteiger partial charge in [-0.2, -0.15) is 13.2 Å². The van der Waals surface area contributed by atoms with E-state index in [0.717, 1.165) is 23.1 Å². The number of thiazole rings is 1. The summed E-state index contributed by atoms with van der Waals surface area (Å²) in [6.45, 7) is 0.316. The molecule has 1 unspecified atom stereocenters. The molecule has 14 heteroatoms. The van der Waals surface area contributed by atoms with Crippen molar-refractivity contribution in [2.75, 3.05) is 19.7 Å². The molecule has 4 heterocycles. The number of aromatic nitrogens is 3. The zero-order chi connectivity index (χ0) is 26.9. The maximum absolute atomic E-state index is 13.1. The molecule has 1 saturated heterocycles. The summed E-state index contributed by atoms with van der Waals surface area (Å²) in [5, 5.41) is 7.97. The van der Waals surface area contributed by atoms with Crippen molar-refractivity contribution in [3.8, 4) is 5.88 Å². The predicted octanol–water partition coefficient (Wildman–Crippen LogP) is 5.91. The van der Waals surface area contributed by atoms with Crippen molar-refractivity contribution in [3.05, 3.63) is 68.0 Å². The van der Waals surface area contributed by atoms with E-state index in [1.165, 1.54) is 11.3 Å². The maximum Gasteiger partial charge on any atom is 0.438 e. The number of piperidine rings is 1. The minimum Gasteiger partial charge on any atom is -0.466 e. The van der Waals surface area contributed by atoms with Gasteiger partial charge in [0.05, 0.1) is 5.69 Å². The van der Waals surface area contributed by atoms with E-state index in [1.54, 1.807) is 23.1 Å². The number of ether oxygens (including phenoxy) is 1. The monoisotopic (exact) mass is 585 g/mol. The van der Waals surface area contributed by atoms with Crippen LogP contribution < -0.4 is 4.74 Å². The number of rotatable bonds is 6. The molecule has 2 aliphatic rings. The first-order valence-corrected chi connectivity index (χ1v) is 13.3. The van der Waals surface area contributed by atoms with Gasteiger partial charge in [-0.15, -0.1) is 11.3 Å². The average molecular weight is 586 g/mol. The second-order valence-electron chi connectivity index (χ2n) is 8.70. The highest BCUT2D eigenvalue weighted by Crippen LogP contribution is 2.39. The number of carbonyl (C=O) groups is 1. The minimum atomic E-state index is -4.73. The molecular weight excluding hydrogens is 566 g/mol. The molecule has 5 rings (SSSR count). The normalized spacial score (nSPS) is 18.3. The van der Waals surface area contributed by atoms with E-state index in [4.69, 9.17) is 37.8 Å². The maximum atomic E-state index is 13.1. The second kappa shape index (κ2) is 11.0. The van der Waals surface area contributed by atoms with Crippen molar-refractivity contribution < 1.29 is 27.5 Å². The van der Waals surface area contributed by atoms with Crippen molar-refractivity contribution in [1.29, 1.82) is 0 Å². The molecule has 2 aliphatic heterocycles. The molecule has 0 bridgehead atoms. The zero-order valence-electron chi connectivity index (χ0n) is 19.6. The van der Waals surface area contributed by atoms with Crippen molar-refractivity contribution in [1.82, 2.24) is 19.9 Å². The van der Waals surface area contributed by atoms with Crippen molar-refractivity contribution in [3.63, 3.8) is 0 Å². The lowest BCUT2D eigenvalue weighted by Crippen LogP contribution is -2.40. The number of alkyl halides is 3. The number of hydrogen-bond acceptors (Lipinski definition) is 8. The minimum absolute atomic E-state index is 0.138. The highest BCUT2D eigenvalue weighted by atomic mass is 35.5. The number of nitrogens with zero attached hydrogens (tertiary/aromatic N) is 5. The van der Waals surface area contributed by atoms with E-state index < -0.39 is 30.3 Å². The Hall–Kier alpha value is -2.96. The lowest BCUT2D eigenvalue weighted by molar-refractivity contribution is -0.144. The average Bonchev–Trinajstić information content (AvgIpc) is 3.57. The van der Waals surface area contributed by atoms with Crippen LogP contribution in [0, 0.1) is 0 Å². The summed E-state index contributed by atoms with van der Waals surface area (Å²) < 4.78 is 44.2. The van der Waals surface area contributed by atoms with Gasteiger partial charge in [-0.05, 0) is 25.0 Å². The van der Waals surface area contributed by atoms with E-state index in [-0.39, 0.29) is 12.0 Å². The van der Waals surface area contributed by atoms with E-state index >= 15 is 0 Å². The SMILES string of the molecule is O=C(COc1nccnc1C(F)(F)F)N1CCC(c2csc(C3=NOC(c4c(Cl)cccc4Cl)C3)n2)CC1. The van der Waals surface area contributed by atoms with Gasteiger partial charge in [-0.3, -0.25) is 4.79 Å². The lowest BCUT2D eigenvalue weighted by Gasteiger charge is -2.31. The van der Waals surface area contributed by atoms with E-state index in [0.29, 0.717) is 53.7 Å². The third-order valence-electron chi connectivity index (χ3n) is 6.29. The molecule has 2 aromatic heterocycles. The van der Waals surface area contributed by atoms with Gasteiger partial charge in [0.1, 0.15) is 10.7 Å². The van der Waals surface area contributed by atoms with Crippen LogP contribution in [0.5, 0.6) is 5.88 Å². The lowest BCUT2D eigenvalue weighted by atomic mass is 9.94. The number of carbonyl (C=O) groups excluding carboxylic acids is 1. The number of likely N-dealkylation sites (tertiary alicyclic amines) is 1. The van der Waals surface area contributed by atoms with Gasteiger partial charge in [0.2, 0.25) is 11.6 Å². The van der Waals surface area contributed by atoms with Crippen LogP contribution in [0.15, 0.2) is 41.1 Å². The van der Waals surface area contributed by atoms with Crippen LogP contribution >= 0.6 is 34.5 Å². The Bertz CT molecular complexity index is 1340. The number of oxime groups is 1. The Kier molecular flexibility index (Phi) is 7.73. The molecule has 0 radical (unpaired) electrons. The first kappa shape index (κ1) is 26.6. The molecule has 200 valence electrons. The topological polar surface area (TPSA) is 89.8 Å². The van der Waals surface area contributed by atoms with Crippen LogP contribution in [0.2, 0.25) is 10.0 Å². The molecule has 1 aromatic carbocycles. The Morgan fingerprint density at radius 2 is 1.87 bits per heavy atom. The van der Waals surface area contributed by atoms with Crippen molar-refractivity contribution in [2.45, 2.75) is 37.5 Å². The highest BCUT2D eigenvalue weighted by molar-refractivity contribution is 7.11. The summed E-state index contributed by atoms with van der Waals surface area (Å²) >= 11 is 14.1.